The van der Waals surface area contributed by atoms with Gasteiger partial charge in [0.25, 0.3) is 0 Å². The average Bonchev–Trinajstić information content (AvgIpc) is 2.15. The zero-order valence-electron chi connectivity index (χ0n) is 9.27. The van der Waals surface area contributed by atoms with Gasteiger partial charge in [-0.25, -0.2) is 0 Å². The van der Waals surface area contributed by atoms with E-state index in [1.165, 1.54) is 0 Å². The number of rotatable bonds is 1. The second kappa shape index (κ2) is 3.57. The number of hydrogen-bond donors (Lipinski definition) is 3. The minimum Gasteiger partial charge on any atom is -0.508 e. The lowest BCUT2D eigenvalue weighted by Crippen LogP contribution is -2.07. The van der Waals surface area contributed by atoms with Crippen LogP contribution in [0.1, 0.15) is 0 Å². The average molecular weight is 237 g/mol. The van der Waals surface area contributed by atoms with Gasteiger partial charge in [-0.15, -0.1) is 0 Å². The van der Waals surface area contributed by atoms with Crippen molar-refractivity contribution < 1.29 is 10.2 Å². The third-order valence-electron chi connectivity index (χ3n) is 2.50. The van der Waals surface area contributed by atoms with Crippen LogP contribution < -0.4 is 5.14 Å². The number of phenolic OH excluding ortho intramolecular Hbond substituents is 2. The summed E-state index contributed by atoms with van der Waals surface area (Å²) in [5, 5.41) is 26.9. The largest absolute Gasteiger partial charge is 0.508 e. The minimum absolute atomic E-state index is 0.183. The molecular formula is C12H15NO2S. The fourth-order valence-electron chi connectivity index (χ4n) is 1.75. The lowest BCUT2D eigenvalue weighted by molar-refractivity contribution is 0.475. The Kier molecular flexibility index (Phi) is 2.48. The fraction of sp³-hybridized carbons (Fsp3) is 0.167. The van der Waals surface area contributed by atoms with E-state index in [1.807, 2.05) is 18.6 Å². The van der Waals surface area contributed by atoms with E-state index < -0.39 is 10.2 Å². The van der Waals surface area contributed by atoms with Crippen molar-refractivity contribution in [3.8, 4) is 11.5 Å². The molecule has 0 aliphatic rings. The molecule has 2 rings (SSSR count). The summed E-state index contributed by atoms with van der Waals surface area (Å²) >= 11 is 0. The summed E-state index contributed by atoms with van der Waals surface area (Å²) in [4.78, 5) is 0.983. The maximum absolute atomic E-state index is 9.74. The van der Waals surface area contributed by atoms with Crippen LogP contribution in [0.15, 0.2) is 35.2 Å². The zero-order chi connectivity index (χ0) is 11.9. The third kappa shape index (κ3) is 1.81. The van der Waals surface area contributed by atoms with Crippen LogP contribution in [0.3, 0.4) is 0 Å². The van der Waals surface area contributed by atoms with Crippen LogP contribution in [0.2, 0.25) is 0 Å². The van der Waals surface area contributed by atoms with Crippen LogP contribution in [0, 0.1) is 0 Å². The van der Waals surface area contributed by atoms with E-state index in [4.69, 9.17) is 5.14 Å². The highest BCUT2D eigenvalue weighted by Gasteiger charge is 2.14. The Morgan fingerprint density at radius 2 is 1.69 bits per heavy atom. The van der Waals surface area contributed by atoms with Crippen molar-refractivity contribution in [3.05, 3.63) is 30.3 Å². The molecule has 2 aromatic rings. The van der Waals surface area contributed by atoms with E-state index in [0.29, 0.717) is 0 Å². The molecule has 4 N–H and O–H groups in total. The summed E-state index contributed by atoms with van der Waals surface area (Å²) in [6.45, 7) is 0. The SMILES string of the molecule is CS(C)(N)c1ccc(O)c2ccc(O)cc12. The van der Waals surface area contributed by atoms with Gasteiger partial charge in [-0.2, -0.15) is 10.2 Å². The molecule has 0 unspecified atom stereocenters. The van der Waals surface area contributed by atoms with Gasteiger partial charge >= 0.3 is 0 Å². The molecule has 0 saturated heterocycles. The molecule has 86 valence electrons. The van der Waals surface area contributed by atoms with Gasteiger partial charge in [-0.05, 0) is 42.8 Å². The molecule has 0 aliphatic carbocycles. The predicted octanol–water partition coefficient (Wildman–Crippen LogP) is 2.55. The van der Waals surface area contributed by atoms with E-state index in [-0.39, 0.29) is 11.5 Å². The maximum atomic E-state index is 9.74. The van der Waals surface area contributed by atoms with Gasteiger partial charge in [0, 0.05) is 15.7 Å². The van der Waals surface area contributed by atoms with Crippen molar-refractivity contribution in [1.82, 2.24) is 0 Å². The number of hydrogen-bond acceptors (Lipinski definition) is 3. The molecule has 0 spiro atoms. The molecule has 0 heterocycles. The molecule has 2 aromatic carbocycles. The Hall–Kier alpha value is -1.39. The molecule has 0 aromatic heterocycles. The zero-order valence-corrected chi connectivity index (χ0v) is 10.1. The van der Waals surface area contributed by atoms with Gasteiger partial charge in [0.15, 0.2) is 0 Å². The van der Waals surface area contributed by atoms with E-state index in [0.717, 1.165) is 15.7 Å². The van der Waals surface area contributed by atoms with Gasteiger partial charge in [0.2, 0.25) is 0 Å². The van der Waals surface area contributed by atoms with Crippen molar-refractivity contribution in [2.75, 3.05) is 12.5 Å². The van der Waals surface area contributed by atoms with Crippen molar-refractivity contribution in [3.63, 3.8) is 0 Å². The number of aromatic hydroxyl groups is 2. The van der Waals surface area contributed by atoms with E-state index in [2.05, 4.69) is 0 Å². The molecule has 0 fully saturated rings. The van der Waals surface area contributed by atoms with Crippen LogP contribution in [0.5, 0.6) is 11.5 Å². The third-order valence-corrected chi connectivity index (χ3v) is 3.99. The molecule has 0 aliphatic heterocycles. The number of benzene rings is 2. The molecule has 0 bridgehead atoms. The van der Waals surface area contributed by atoms with Gasteiger partial charge < -0.3 is 10.2 Å². The van der Waals surface area contributed by atoms with E-state index in [1.54, 1.807) is 24.3 Å². The van der Waals surface area contributed by atoms with E-state index in [9.17, 15) is 10.2 Å². The molecule has 4 heteroatoms. The van der Waals surface area contributed by atoms with Crippen molar-refractivity contribution in [2.24, 2.45) is 5.14 Å². The van der Waals surface area contributed by atoms with Crippen LogP contribution in [-0.2, 0) is 0 Å². The van der Waals surface area contributed by atoms with Gasteiger partial charge in [-0.1, -0.05) is 0 Å². The normalized spacial score (nSPS) is 12.9. The number of nitrogens with two attached hydrogens (primary N) is 1. The standard InChI is InChI=1S/C12H15NO2S/c1-16(2,13)12-6-5-11(15)9-4-3-8(14)7-10(9)12/h3-7,14-15H,13H2,1-2H3. The highest BCUT2D eigenvalue weighted by molar-refractivity contribution is 8.31. The van der Waals surface area contributed by atoms with Gasteiger partial charge in [0.05, 0.1) is 0 Å². The van der Waals surface area contributed by atoms with E-state index >= 15 is 0 Å². The summed E-state index contributed by atoms with van der Waals surface area (Å²) in [6, 6.07) is 8.38. The number of fused-ring (bicyclic) bond motifs is 1. The summed E-state index contributed by atoms with van der Waals surface area (Å²) < 4.78 is 0. The Balaban J connectivity index is 2.86. The van der Waals surface area contributed by atoms with Crippen molar-refractivity contribution in [2.45, 2.75) is 4.90 Å². The Morgan fingerprint density at radius 1 is 1.00 bits per heavy atom. The Bertz CT molecular complexity index is 546. The lowest BCUT2D eigenvalue weighted by atomic mass is 10.1. The minimum atomic E-state index is -1.39. The maximum Gasteiger partial charge on any atom is 0.123 e. The van der Waals surface area contributed by atoms with Crippen LogP contribution in [0.4, 0.5) is 0 Å². The first kappa shape index (κ1) is 11.1. The van der Waals surface area contributed by atoms with Gasteiger partial charge in [0.1, 0.15) is 11.5 Å². The Labute approximate surface area is 96.0 Å². The first-order chi connectivity index (χ1) is 7.39. The van der Waals surface area contributed by atoms with Crippen LogP contribution in [-0.4, -0.2) is 22.7 Å². The Morgan fingerprint density at radius 3 is 2.31 bits per heavy atom. The highest BCUT2D eigenvalue weighted by atomic mass is 32.3. The van der Waals surface area contributed by atoms with Crippen LogP contribution in [0.25, 0.3) is 10.8 Å². The van der Waals surface area contributed by atoms with Crippen molar-refractivity contribution >= 4 is 21.0 Å². The summed E-state index contributed by atoms with van der Waals surface area (Å²) in [5.74, 6) is 0.394. The quantitative estimate of drug-likeness (QED) is 0.714. The monoisotopic (exact) mass is 237 g/mol. The summed E-state index contributed by atoms with van der Waals surface area (Å²) in [6.07, 6.45) is 3.95. The lowest BCUT2D eigenvalue weighted by Gasteiger charge is -2.27. The first-order valence-electron chi connectivity index (χ1n) is 4.85. The molecule has 0 saturated carbocycles. The molecule has 16 heavy (non-hydrogen) atoms. The second-order valence-corrected chi connectivity index (χ2v) is 7.47. The van der Waals surface area contributed by atoms with Crippen LogP contribution >= 0.6 is 10.2 Å². The van der Waals surface area contributed by atoms with Crippen molar-refractivity contribution in [1.29, 1.82) is 0 Å². The topological polar surface area (TPSA) is 66.5 Å². The molecule has 0 radical (unpaired) electrons. The summed E-state index contributed by atoms with van der Waals surface area (Å²) in [7, 11) is -1.39. The summed E-state index contributed by atoms with van der Waals surface area (Å²) in [5.41, 5.74) is 0. The molecular weight excluding hydrogens is 222 g/mol. The molecule has 0 atom stereocenters. The first-order valence-corrected chi connectivity index (χ1v) is 7.36. The smallest absolute Gasteiger partial charge is 0.123 e. The molecule has 3 nitrogen and oxygen atoms in total. The highest BCUT2D eigenvalue weighted by Crippen LogP contribution is 2.47. The fourth-order valence-corrected chi connectivity index (χ4v) is 2.91. The number of phenols is 2. The van der Waals surface area contributed by atoms with Gasteiger partial charge in [-0.3, -0.25) is 5.14 Å². The molecule has 0 amide bonds. The predicted molar refractivity (Wildman–Crippen MR) is 69.2 cm³/mol. The second-order valence-electron chi connectivity index (χ2n) is 4.22.